The second kappa shape index (κ2) is 5.42. The molecule has 1 saturated carbocycles. The van der Waals surface area contributed by atoms with Gasteiger partial charge in [-0.1, -0.05) is 13.8 Å². The van der Waals surface area contributed by atoms with Gasteiger partial charge in [-0.2, -0.15) is 0 Å². The minimum atomic E-state index is -0.186. The van der Waals surface area contributed by atoms with E-state index in [9.17, 15) is 4.79 Å². The molecule has 0 bridgehead atoms. The fraction of sp³-hybridized carbons (Fsp3) is 0.714. The van der Waals surface area contributed by atoms with Crippen LogP contribution >= 0.6 is 11.3 Å². The van der Waals surface area contributed by atoms with E-state index >= 15 is 0 Å². The zero-order chi connectivity index (χ0) is 15.0. The first-order valence-electron chi connectivity index (χ1n) is 6.63. The summed E-state index contributed by atoms with van der Waals surface area (Å²) >= 11 is 1.44. The van der Waals surface area contributed by atoms with Gasteiger partial charge in [0.25, 0.3) is 5.91 Å². The quantitative estimate of drug-likeness (QED) is 0.905. The van der Waals surface area contributed by atoms with Crippen LogP contribution in [-0.2, 0) is 16.1 Å². The number of amides is 1. The van der Waals surface area contributed by atoms with Crippen LogP contribution in [-0.4, -0.2) is 36.8 Å². The van der Waals surface area contributed by atoms with Crippen molar-refractivity contribution in [2.75, 3.05) is 14.2 Å². The predicted octanol–water partition coefficient (Wildman–Crippen LogP) is 2.22. The molecule has 1 amide bonds. The molecule has 2 atom stereocenters. The Hall–Kier alpha value is -0.980. The first kappa shape index (κ1) is 15.4. The minimum Gasteiger partial charge on any atom is -0.378 e. The number of carbonyl (C=O) groups is 1. The number of hydrogen-bond donors (Lipinski definition) is 1. The number of ether oxygens (including phenoxy) is 2. The lowest BCUT2D eigenvalue weighted by Gasteiger charge is -2.59. The van der Waals surface area contributed by atoms with E-state index in [1.807, 2.05) is 0 Å². The highest BCUT2D eigenvalue weighted by Gasteiger charge is 2.58. The van der Waals surface area contributed by atoms with E-state index in [1.54, 1.807) is 19.6 Å². The monoisotopic (exact) mass is 298 g/mol. The molecule has 5 nitrogen and oxygen atoms in total. The van der Waals surface area contributed by atoms with Gasteiger partial charge in [-0.25, -0.2) is 4.98 Å². The van der Waals surface area contributed by atoms with Crippen molar-refractivity contribution in [3.05, 3.63) is 16.1 Å². The normalized spacial score (nSPS) is 27.9. The van der Waals surface area contributed by atoms with Gasteiger partial charge in [-0.15, -0.1) is 11.3 Å². The molecule has 0 radical (unpaired) electrons. The van der Waals surface area contributed by atoms with Gasteiger partial charge in [0.05, 0.1) is 12.2 Å². The lowest BCUT2D eigenvalue weighted by Crippen LogP contribution is -2.68. The summed E-state index contributed by atoms with van der Waals surface area (Å²) in [6, 6.07) is 0.104. The molecule has 1 aliphatic rings. The molecule has 1 fully saturated rings. The third kappa shape index (κ3) is 2.47. The maximum Gasteiger partial charge on any atom is 0.271 e. The van der Waals surface area contributed by atoms with Crippen molar-refractivity contribution in [1.82, 2.24) is 10.3 Å². The molecule has 0 aliphatic heterocycles. The lowest BCUT2D eigenvalue weighted by molar-refractivity contribution is -0.177. The zero-order valence-electron chi connectivity index (χ0n) is 12.6. The summed E-state index contributed by atoms with van der Waals surface area (Å²) in [5, 5.41) is 5.63. The summed E-state index contributed by atoms with van der Waals surface area (Å²) in [4.78, 5) is 16.5. The van der Waals surface area contributed by atoms with E-state index in [0.29, 0.717) is 12.3 Å². The fourth-order valence-corrected chi connectivity index (χ4v) is 3.30. The van der Waals surface area contributed by atoms with Crippen molar-refractivity contribution in [2.24, 2.45) is 5.41 Å². The molecule has 1 N–H and O–H groups in total. The van der Waals surface area contributed by atoms with Gasteiger partial charge >= 0.3 is 0 Å². The summed E-state index contributed by atoms with van der Waals surface area (Å²) in [6.45, 7) is 6.74. The van der Waals surface area contributed by atoms with Crippen LogP contribution in [0.4, 0.5) is 0 Å². The summed E-state index contributed by atoms with van der Waals surface area (Å²) < 4.78 is 10.6. The summed E-state index contributed by atoms with van der Waals surface area (Å²) in [5.74, 6) is -0.125. The maximum absolute atomic E-state index is 12.2. The summed E-state index contributed by atoms with van der Waals surface area (Å²) in [5.41, 5.74) is 0.181. The lowest BCUT2D eigenvalue weighted by atomic mass is 9.56. The van der Waals surface area contributed by atoms with Gasteiger partial charge in [0.2, 0.25) is 0 Å². The number of aromatic nitrogens is 1. The average Bonchev–Trinajstić information content (AvgIpc) is 2.87. The van der Waals surface area contributed by atoms with Crippen LogP contribution in [0.25, 0.3) is 0 Å². The smallest absolute Gasteiger partial charge is 0.271 e. The molecule has 1 aliphatic carbocycles. The molecule has 0 aromatic carbocycles. The van der Waals surface area contributed by atoms with Crippen LogP contribution in [0.2, 0.25) is 0 Å². The van der Waals surface area contributed by atoms with Crippen LogP contribution in [0, 0.1) is 5.41 Å². The van der Waals surface area contributed by atoms with Crippen molar-refractivity contribution < 1.29 is 14.3 Å². The van der Waals surface area contributed by atoms with E-state index in [1.165, 1.54) is 11.3 Å². The van der Waals surface area contributed by atoms with E-state index in [-0.39, 0.29) is 23.0 Å². The Morgan fingerprint density at radius 3 is 2.75 bits per heavy atom. The van der Waals surface area contributed by atoms with Gasteiger partial charge in [0.15, 0.2) is 0 Å². The highest BCUT2D eigenvalue weighted by molar-refractivity contribution is 7.09. The van der Waals surface area contributed by atoms with Gasteiger partial charge in [-0.3, -0.25) is 4.79 Å². The molecule has 1 aromatic rings. The number of rotatable bonds is 5. The second-order valence-corrected chi connectivity index (χ2v) is 6.89. The molecule has 20 heavy (non-hydrogen) atoms. The number of thiazole rings is 1. The van der Waals surface area contributed by atoms with E-state index in [4.69, 9.17) is 9.47 Å². The number of hydrogen-bond acceptors (Lipinski definition) is 5. The highest BCUT2D eigenvalue weighted by Crippen LogP contribution is 2.51. The SMILES string of the molecule is COCc1nc(C(=O)N[C@@H]2C[C@](C)(OC)C2(C)C)cs1. The first-order valence-corrected chi connectivity index (χ1v) is 7.51. The molecule has 0 unspecified atom stereocenters. The fourth-order valence-electron chi connectivity index (χ4n) is 2.56. The Bertz CT molecular complexity index is 500. The molecule has 112 valence electrons. The number of methoxy groups -OCH3 is 2. The van der Waals surface area contributed by atoms with Crippen LogP contribution in [0.15, 0.2) is 5.38 Å². The average molecular weight is 298 g/mol. The highest BCUT2D eigenvalue weighted by atomic mass is 32.1. The third-order valence-corrected chi connectivity index (χ3v) is 5.46. The van der Waals surface area contributed by atoms with E-state index in [0.717, 1.165) is 11.4 Å². The van der Waals surface area contributed by atoms with Gasteiger partial charge in [0.1, 0.15) is 10.7 Å². The molecule has 1 aromatic heterocycles. The van der Waals surface area contributed by atoms with Gasteiger partial charge in [0, 0.05) is 31.1 Å². The second-order valence-electron chi connectivity index (χ2n) is 5.95. The molecule has 0 spiro atoms. The van der Waals surface area contributed by atoms with Crippen LogP contribution in [0.5, 0.6) is 0 Å². The Kier molecular flexibility index (Phi) is 4.18. The number of nitrogens with one attached hydrogen (secondary N) is 1. The van der Waals surface area contributed by atoms with Crippen LogP contribution in [0.1, 0.15) is 42.7 Å². The van der Waals surface area contributed by atoms with Crippen molar-refractivity contribution in [2.45, 2.75) is 45.4 Å². The van der Waals surface area contributed by atoms with Gasteiger partial charge < -0.3 is 14.8 Å². The Labute approximate surface area is 123 Å². The topological polar surface area (TPSA) is 60.5 Å². The van der Waals surface area contributed by atoms with Crippen molar-refractivity contribution in [1.29, 1.82) is 0 Å². The minimum absolute atomic E-state index is 0.0945. The Morgan fingerprint density at radius 1 is 1.50 bits per heavy atom. The molecule has 1 heterocycles. The van der Waals surface area contributed by atoms with Crippen LogP contribution in [0.3, 0.4) is 0 Å². The number of nitrogens with zero attached hydrogens (tertiary/aromatic N) is 1. The van der Waals surface area contributed by atoms with E-state index in [2.05, 4.69) is 31.1 Å². The molecule has 6 heteroatoms. The molecule has 0 saturated heterocycles. The summed E-state index contributed by atoms with van der Waals surface area (Å²) in [7, 11) is 3.33. The van der Waals surface area contributed by atoms with Crippen molar-refractivity contribution in [3.63, 3.8) is 0 Å². The molecular weight excluding hydrogens is 276 g/mol. The third-order valence-electron chi connectivity index (χ3n) is 4.64. The zero-order valence-corrected chi connectivity index (χ0v) is 13.5. The summed E-state index contributed by atoms with van der Waals surface area (Å²) in [6.07, 6.45) is 0.817. The molecule has 2 rings (SSSR count). The van der Waals surface area contributed by atoms with E-state index < -0.39 is 0 Å². The number of carbonyl (C=O) groups excluding carboxylic acids is 1. The maximum atomic E-state index is 12.2. The molecular formula is C14H22N2O3S. The largest absolute Gasteiger partial charge is 0.378 e. The predicted molar refractivity (Wildman–Crippen MR) is 77.9 cm³/mol. The van der Waals surface area contributed by atoms with Crippen molar-refractivity contribution >= 4 is 17.2 Å². The standard InChI is InChI=1S/C14H22N2O3S/c1-13(2)10(6-14(13,3)19-5)16-12(17)9-8-20-11(15-9)7-18-4/h8,10H,6-7H2,1-5H3,(H,16,17)/t10-,14+/m1/s1. The Morgan fingerprint density at radius 2 is 2.20 bits per heavy atom. The van der Waals surface area contributed by atoms with Gasteiger partial charge in [-0.05, 0) is 13.3 Å². The first-order chi connectivity index (χ1) is 9.34. The Balaban J connectivity index is 1.99. The van der Waals surface area contributed by atoms with Crippen molar-refractivity contribution in [3.8, 4) is 0 Å². The van der Waals surface area contributed by atoms with Crippen LogP contribution < -0.4 is 5.32 Å².